The Hall–Kier alpha value is 0.250. The van der Waals surface area contributed by atoms with Crippen LogP contribution in [0, 0.1) is 0 Å². The second-order valence-corrected chi connectivity index (χ2v) is 10.9. The zero-order valence-electron chi connectivity index (χ0n) is 28.2. The SMILES string of the molecule is CCCCOCCOCCOCCOCCOCCOCCOCCOCCOCCOCCOCCOCCCCCCI. The van der Waals surface area contributed by atoms with Gasteiger partial charge >= 0.3 is 0 Å². The van der Waals surface area contributed by atoms with Crippen molar-refractivity contribution in [2.24, 2.45) is 0 Å². The lowest BCUT2D eigenvalue weighted by Crippen LogP contribution is -2.15. The molecule has 0 saturated carbocycles. The lowest BCUT2D eigenvalue weighted by Gasteiger charge is -2.09. The molecule has 0 aliphatic carbocycles. The minimum atomic E-state index is 0.522. The summed E-state index contributed by atoms with van der Waals surface area (Å²) in [5.41, 5.74) is 0. The molecule has 0 N–H and O–H groups in total. The third kappa shape index (κ3) is 44.2. The summed E-state index contributed by atoms with van der Waals surface area (Å²) in [5, 5.41) is 0. The molecular formula is C32H65IO12. The van der Waals surface area contributed by atoms with Gasteiger partial charge in [0.1, 0.15) is 0 Å². The van der Waals surface area contributed by atoms with Crippen molar-refractivity contribution in [3.8, 4) is 0 Å². The monoisotopic (exact) mass is 768 g/mol. The van der Waals surface area contributed by atoms with Gasteiger partial charge in [0, 0.05) is 13.2 Å². The topological polar surface area (TPSA) is 111 Å². The van der Waals surface area contributed by atoms with Crippen LogP contribution in [0.15, 0.2) is 0 Å². The van der Waals surface area contributed by atoms with E-state index in [4.69, 9.17) is 56.8 Å². The highest BCUT2D eigenvalue weighted by atomic mass is 127. The van der Waals surface area contributed by atoms with E-state index in [0.717, 1.165) is 32.5 Å². The molecule has 45 heavy (non-hydrogen) atoms. The number of hydrogen-bond acceptors (Lipinski definition) is 12. The fourth-order valence-electron chi connectivity index (χ4n) is 3.42. The molecule has 0 rings (SSSR count). The molecule has 0 atom stereocenters. The van der Waals surface area contributed by atoms with Crippen LogP contribution in [0.1, 0.15) is 45.4 Å². The Kier molecular flexibility index (Phi) is 44.5. The summed E-state index contributed by atoms with van der Waals surface area (Å²) < 4.78 is 67.0. The Labute approximate surface area is 287 Å². The zero-order chi connectivity index (χ0) is 32.4. The second kappa shape index (κ2) is 44.2. The average molecular weight is 769 g/mol. The number of unbranched alkanes of at least 4 members (excludes halogenated alkanes) is 4. The molecule has 13 heteroatoms. The van der Waals surface area contributed by atoms with Crippen molar-refractivity contribution in [2.75, 3.05) is 163 Å². The third-order valence-electron chi connectivity index (χ3n) is 5.91. The van der Waals surface area contributed by atoms with Crippen molar-refractivity contribution >= 4 is 22.6 Å². The maximum atomic E-state index is 5.56. The van der Waals surface area contributed by atoms with E-state index in [2.05, 4.69) is 29.5 Å². The number of ether oxygens (including phenoxy) is 12. The van der Waals surface area contributed by atoms with Crippen LogP contribution in [0.5, 0.6) is 0 Å². The van der Waals surface area contributed by atoms with E-state index in [1.54, 1.807) is 0 Å². The van der Waals surface area contributed by atoms with Gasteiger partial charge in [0.25, 0.3) is 0 Å². The fraction of sp³-hybridized carbons (Fsp3) is 1.00. The Bertz CT molecular complexity index is 469. The first kappa shape index (κ1) is 45.2. The van der Waals surface area contributed by atoms with E-state index < -0.39 is 0 Å². The minimum Gasteiger partial charge on any atom is -0.379 e. The van der Waals surface area contributed by atoms with Gasteiger partial charge in [-0.2, -0.15) is 0 Å². The maximum Gasteiger partial charge on any atom is 0.0701 e. The van der Waals surface area contributed by atoms with Crippen molar-refractivity contribution in [1.29, 1.82) is 0 Å². The van der Waals surface area contributed by atoms with Gasteiger partial charge in [-0.15, -0.1) is 0 Å². The third-order valence-corrected chi connectivity index (χ3v) is 6.67. The number of rotatable bonds is 42. The van der Waals surface area contributed by atoms with Crippen LogP contribution in [-0.2, 0) is 56.8 Å². The van der Waals surface area contributed by atoms with Crippen LogP contribution in [-0.4, -0.2) is 163 Å². The molecular weight excluding hydrogens is 703 g/mol. The molecule has 0 radical (unpaired) electrons. The standard InChI is InChI=1S/C32H65IO12/c1-2-3-9-34-11-13-36-15-17-38-19-21-40-23-25-42-27-29-44-31-32-45-30-28-43-26-24-41-22-20-39-18-16-37-14-12-35-10-7-5-4-6-8-33/h2-32H2,1H3. The smallest absolute Gasteiger partial charge is 0.0701 e. The van der Waals surface area contributed by atoms with Gasteiger partial charge in [0.15, 0.2) is 0 Å². The predicted octanol–water partition coefficient (Wildman–Crippen LogP) is 3.98. The zero-order valence-corrected chi connectivity index (χ0v) is 30.4. The lowest BCUT2D eigenvalue weighted by atomic mass is 10.2. The molecule has 0 fully saturated rings. The van der Waals surface area contributed by atoms with Gasteiger partial charge in [-0.1, -0.05) is 48.8 Å². The summed E-state index contributed by atoms with van der Waals surface area (Å²) in [6.45, 7) is 15.9. The van der Waals surface area contributed by atoms with Gasteiger partial charge in [-0.05, 0) is 23.7 Å². The highest BCUT2D eigenvalue weighted by Crippen LogP contribution is 2.02. The van der Waals surface area contributed by atoms with Crippen LogP contribution >= 0.6 is 22.6 Å². The summed E-state index contributed by atoms with van der Waals surface area (Å²) in [7, 11) is 0. The van der Waals surface area contributed by atoms with Crippen molar-refractivity contribution in [2.45, 2.75) is 45.4 Å². The first-order valence-corrected chi connectivity index (χ1v) is 18.4. The van der Waals surface area contributed by atoms with Crippen LogP contribution < -0.4 is 0 Å². The average Bonchev–Trinajstić information content (AvgIpc) is 3.05. The highest BCUT2D eigenvalue weighted by molar-refractivity contribution is 14.1. The van der Waals surface area contributed by atoms with E-state index in [1.165, 1.54) is 23.7 Å². The van der Waals surface area contributed by atoms with Crippen molar-refractivity contribution < 1.29 is 56.8 Å². The van der Waals surface area contributed by atoms with E-state index in [1.807, 2.05) is 0 Å². The van der Waals surface area contributed by atoms with Crippen molar-refractivity contribution in [3.05, 3.63) is 0 Å². The van der Waals surface area contributed by atoms with Crippen LogP contribution in [0.25, 0.3) is 0 Å². The first-order chi connectivity index (χ1) is 22.4. The van der Waals surface area contributed by atoms with E-state index in [0.29, 0.717) is 145 Å². The normalized spacial score (nSPS) is 11.6. The molecule has 0 aromatic heterocycles. The first-order valence-electron chi connectivity index (χ1n) is 16.9. The second-order valence-electron chi connectivity index (χ2n) is 9.81. The molecule has 0 bridgehead atoms. The van der Waals surface area contributed by atoms with Gasteiger partial charge in [0.2, 0.25) is 0 Å². The molecule has 0 unspecified atom stereocenters. The number of hydrogen-bond donors (Lipinski definition) is 0. The van der Waals surface area contributed by atoms with Crippen LogP contribution in [0.2, 0.25) is 0 Å². The molecule has 0 aliphatic heterocycles. The summed E-state index contributed by atoms with van der Waals surface area (Å²) in [6, 6.07) is 0. The molecule has 272 valence electrons. The predicted molar refractivity (Wildman–Crippen MR) is 182 cm³/mol. The summed E-state index contributed by atoms with van der Waals surface area (Å²) in [5.74, 6) is 0. The summed E-state index contributed by atoms with van der Waals surface area (Å²) in [4.78, 5) is 0. The number of halogens is 1. The molecule has 0 amide bonds. The van der Waals surface area contributed by atoms with Crippen LogP contribution in [0.4, 0.5) is 0 Å². The van der Waals surface area contributed by atoms with Crippen LogP contribution in [0.3, 0.4) is 0 Å². The summed E-state index contributed by atoms with van der Waals surface area (Å²) >= 11 is 2.42. The Morgan fingerprint density at radius 1 is 0.244 bits per heavy atom. The molecule has 0 aliphatic rings. The van der Waals surface area contributed by atoms with Crippen molar-refractivity contribution in [3.63, 3.8) is 0 Å². The van der Waals surface area contributed by atoms with Crippen molar-refractivity contribution in [1.82, 2.24) is 0 Å². The number of alkyl halides is 1. The Morgan fingerprint density at radius 3 is 0.667 bits per heavy atom. The molecule has 0 aromatic rings. The molecule has 0 saturated heterocycles. The van der Waals surface area contributed by atoms with Gasteiger partial charge in [-0.25, -0.2) is 0 Å². The molecule has 0 spiro atoms. The molecule has 0 heterocycles. The van der Waals surface area contributed by atoms with Gasteiger partial charge < -0.3 is 56.8 Å². The quantitative estimate of drug-likeness (QED) is 0.0509. The van der Waals surface area contributed by atoms with Gasteiger partial charge in [0.05, 0.1) is 145 Å². The molecule has 12 nitrogen and oxygen atoms in total. The minimum absolute atomic E-state index is 0.522. The molecule has 0 aromatic carbocycles. The van der Waals surface area contributed by atoms with E-state index >= 15 is 0 Å². The highest BCUT2D eigenvalue weighted by Gasteiger charge is 1.97. The maximum absolute atomic E-state index is 5.56. The largest absolute Gasteiger partial charge is 0.379 e. The fourth-order valence-corrected chi connectivity index (χ4v) is 3.96. The van der Waals surface area contributed by atoms with E-state index in [9.17, 15) is 0 Å². The van der Waals surface area contributed by atoms with Gasteiger partial charge in [-0.3, -0.25) is 0 Å². The summed E-state index contributed by atoms with van der Waals surface area (Å²) in [6.07, 6.45) is 7.23. The van der Waals surface area contributed by atoms with E-state index in [-0.39, 0.29) is 0 Å². The Balaban J connectivity index is 3.03. The lowest BCUT2D eigenvalue weighted by molar-refractivity contribution is -0.0283. The Morgan fingerprint density at radius 2 is 0.444 bits per heavy atom.